The lowest BCUT2D eigenvalue weighted by atomic mass is 9.96. The number of benzene rings is 6. The molecule has 1 aliphatic rings. The van der Waals surface area contributed by atoms with Gasteiger partial charge in [-0.05, 0) is 112 Å². The van der Waals surface area contributed by atoms with E-state index < -0.39 is 0 Å². The van der Waals surface area contributed by atoms with Gasteiger partial charge in [0.05, 0.1) is 11.6 Å². The highest BCUT2D eigenvalue weighted by atomic mass is 15.1. The van der Waals surface area contributed by atoms with E-state index in [0.29, 0.717) is 5.56 Å². The van der Waals surface area contributed by atoms with E-state index >= 15 is 0 Å². The van der Waals surface area contributed by atoms with E-state index in [1.165, 1.54) is 43.8 Å². The first-order chi connectivity index (χ1) is 19.8. The highest BCUT2D eigenvalue weighted by molar-refractivity contribution is 5.95. The van der Waals surface area contributed by atoms with Crippen LogP contribution in [-0.4, -0.2) is 0 Å². The maximum Gasteiger partial charge on any atom is 0.0991 e. The van der Waals surface area contributed by atoms with Crippen LogP contribution in [0.4, 0.5) is 17.1 Å². The van der Waals surface area contributed by atoms with Crippen molar-refractivity contribution in [1.29, 1.82) is 5.26 Å². The molecule has 40 heavy (non-hydrogen) atoms. The average Bonchev–Trinajstić information content (AvgIpc) is 3.52. The van der Waals surface area contributed by atoms with E-state index in [1.807, 2.05) is 12.1 Å². The summed E-state index contributed by atoms with van der Waals surface area (Å²) in [5.74, 6) is 0. The lowest BCUT2D eigenvalue weighted by molar-refractivity contribution is 0.942. The quantitative estimate of drug-likeness (QED) is 0.230. The van der Waals surface area contributed by atoms with Crippen molar-refractivity contribution in [1.82, 2.24) is 0 Å². The summed E-state index contributed by atoms with van der Waals surface area (Å²) in [5.41, 5.74) is 9.43. The number of fused-ring (bicyclic) bond motifs is 2. The van der Waals surface area contributed by atoms with Crippen molar-refractivity contribution in [3.8, 4) is 6.07 Å². The normalized spacial score (nSPS) is 13.1. The first kappa shape index (κ1) is 23.9. The van der Waals surface area contributed by atoms with Gasteiger partial charge in [-0.1, -0.05) is 84.9 Å². The summed E-state index contributed by atoms with van der Waals surface area (Å²) in [6.07, 6.45) is 3.31. The van der Waals surface area contributed by atoms with Crippen LogP contribution in [0.3, 0.4) is 0 Å². The summed E-state index contributed by atoms with van der Waals surface area (Å²) in [6, 6.07) is 49.8. The fourth-order valence-corrected chi connectivity index (χ4v) is 6.02. The SMILES string of the molecule is N#Cc1ccc(C2=C(c3ccc(N(c4ccc5ccccc5c4)c4ccc5ccccc5c4)cc3)CCC2)cc1. The zero-order valence-corrected chi connectivity index (χ0v) is 22.2. The third kappa shape index (κ3) is 4.42. The van der Waals surface area contributed by atoms with Crippen molar-refractivity contribution in [3.05, 3.63) is 150 Å². The Morgan fingerprint density at radius 1 is 0.475 bits per heavy atom. The summed E-state index contributed by atoms with van der Waals surface area (Å²) in [6.45, 7) is 0. The zero-order chi connectivity index (χ0) is 26.9. The van der Waals surface area contributed by atoms with Gasteiger partial charge in [0, 0.05) is 17.1 Å². The van der Waals surface area contributed by atoms with Crippen LogP contribution in [0.25, 0.3) is 32.7 Å². The molecule has 0 heterocycles. The van der Waals surface area contributed by atoms with Gasteiger partial charge in [0.1, 0.15) is 0 Å². The monoisotopic (exact) mass is 512 g/mol. The number of nitrogens with zero attached hydrogens (tertiary/aromatic N) is 2. The van der Waals surface area contributed by atoms with Crippen LogP contribution in [0.5, 0.6) is 0 Å². The van der Waals surface area contributed by atoms with Gasteiger partial charge in [0.15, 0.2) is 0 Å². The molecule has 0 N–H and O–H groups in total. The van der Waals surface area contributed by atoms with Crippen LogP contribution in [0.15, 0.2) is 133 Å². The molecule has 0 bridgehead atoms. The molecule has 0 fully saturated rings. The van der Waals surface area contributed by atoms with Crippen LogP contribution in [0, 0.1) is 11.3 Å². The molecule has 0 saturated carbocycles. The largest absolute Gasteiger partial charge is 0.310 e. The van der Waals surface area contributed by atoms with E-state index in [4.69, 9.17) is 0 Å². The van der Waals surface area contributed by atoms with Gasteiger partial charge >= 0.3 is 0 Å². The second kappa shape index (κ2) is 10.2. The molecule has 0 atom stereocenters. The fourth-order valence-electron chi connectivity index (χ4n) is 6.02. The van der Waals surface area contributed by atoms with Crippen molar-refractivity contribution in [3.63, 3.8) is 0 Å². The Morgan fingerprint density at radius 3 is 1.43 bits per heavy atom. The van der Waals surface area contributed by atoms with E-state index in [9.17, 15) is 5.26 Å². The van der Waals surface area contributed by atoms with Gasteiger partial charge in [-0.15, -0.1) is 0 Å². The summed E-state index contributed by atoms with van der Waals surface area (Å²) < 4.78 is 0. The second-order valence-corrected chi connectivity index (χ2v) is 10.4. The Labute approximate surface area is 235 Å². The molecule has 7 rings (SSSR count). The molecule has 0 amide bonds. The first-order valence-corrected chi connectivity index (χ1v) is 13.9. The van der Waals surface area contributed by atoms with Crippen molar-refractivity contribution >= 4 is 49.8 Å². The highest BCUT2D eigenvalue weighted by Gasteiger charge is 2.19. The molecule has 0 spiro atoms. The standard InChI is InChI=1S/C38H28N2/c39-26-27-12-14-30(15-13-27)37-10-5-11-38(37)31-18-20-34(21-19-31)40(35-22-16-28-6-1-3-8-32(28)24-35)36-23-17-29-7-2-4-9-33(29)25-36/h1-4,6-9,12-25H,5,10-11H2. The van der Waals surface area contributed by atoms with E-state index in [-0.39, 0.29) is 0 Å². The maximum atomic E-state index is 9.20. The molecule has 1 aliphatic carbocycles. The van der Waals surface area contributed by atoms with Crippen LogP contribution in [0.1, 0.15) is 36.0 Å². The maximum absolute atomic E-state index is 9.20. The topological polar surface area (TPSA) is 27.0 Å². The molecule has 6 aromatic rings. The van der Waals surface area contributed by atoms with Crippen LogP contribution >= 0.6 is 0 Å². The number of hydrogen-bond donors (Lipinski definition) is 0. The molecule has 0 radical (unpaired) electrons. The minimum atomic E-state index is 0.704. The Morgan fingerprint density at radius 2 is 0.925 bits per heavy atom. The van der Waals surface area contributed by atoms with E-state index in [1.54, 1.807) is 0 Å². The van der Waals surface area contributed by atoms with Crippen LogP contribution in [0.2, 0.25) is 0 Å². The average molecular weight is 513 g/mol. The minimum absolute atomic E-state index is 0.704. The van der Waals surface area contributed by atoms with Crippen LogP contribution in [-0.2, 0) is 0 Å². The van der Waals surface area contributed by atoms with Crippen molar-refractivity contribution < 1.29 is 0 Å². The molecule has 0 aliphatic heterocycles. The van der Waals surface area contributed by atoms with Crippen molar-refractivity contribution in [2.24, 2.45) is 0 Å². The number of anilines is 3. The molecular formula is C38H28N2. The lowest BCUT2D eigenvalue weighted by Crippen LogP contribution is -2.10. The highest BCUT2D eigenvalue weighted by Crippen LogP contribution is 2.42. The Hall–Kier alpha value is -5.13. The van der Waals surface area contributed by atoms with Gasteiger partial charge in [0.25, 0.3) is 0 Å². The summed E-state index contributed by atoms with van der Waals surface area (Å²) in [4.78, 5) is 2.35. The summed E-state index contributed by atoms with van der Waals surface area (Å²) in [7, 11) is 0. The number of hydrogen-bond acceptors (Lipinski definition) is 2. The second-order valence-electron chi connectivity index (χ2n) is 10.4. The van der Waals surface area contributed by atoms with E-state index in [0.717, 1.165) is 36.3 Å². The number of allylic oxidation sites excluding steroid dienone is 2. The first-order valence-electron chi connectivity index (χ1n) is 13.9. The smallest absolute Gasteiger partial charge is 0.0991 e. The molecular weight excluding hydrogens is 484 g/mol. The molecule has 0 aromatic heterocycles. The molecule has 6 aromatic carbocycles. The predicted octanol–water partition coefficient (Wildman–Crippen LogP) is 10.4. The Bertz CT molecular complexity index is 1840. The van der Waals surface area contributed by atoms with Gasteiger partial charge in [-0.2, -0.15) is 5.26 Å². The van der Waals surface area contributed by atoms with Crippen LogP contribution < -0.4 is 4.90 Å². The van der Waals surface area contributed by atoms with Crippen molar-refractivity contribution in [2.45, 2.75) is 19.3 Å². The fraction of sp³-hybridized carbons (Fsp3) is 0.0789. The molecule has 0 saturated heterocycles. The molecule has 2 nitrogen and oxygen atoms in total. The van der Waals surface area contributed by atoms with Crippen molar-refractivity contribution in [2.75, 3.05) is 4.90 Å². The van der Waals surface area contributed by atoms with Gasteiger partial charge < -0.3 is 4.90 Å². The summed E-state index contributed by atoms with van der Waals surface area (Å²) >= 11 is 0. The molecule has 0 unspecified atom stereocenters. The van der Waals surface area contributed by atoms with E-state index in [2.05, 4.69) is 132 Å². The zero-order valence-electron chi connectivity index (χ0n) is 22.2. The third-order valence-electron chi connectivity index (χ3n) is 8.04. The number of rotatable bonds is 5. The molecule has 2 heteroatoms. The Kier molecular flexibility index (Phi) is 6.11. The van der Waals surface area contributed by atoms with Gasteiger partial charge in [-0.3, -0.25) is 0 Å². The number of nitriles is 1. The Balaban J connectivity index is 1.32. The lowest BCUT2D eigenvalue weighted by Gasteiger charge is -2.26. The van der Waals surface area contributed by atoms with Gasteiger partial charge in [-0.25, -0.2) is 0 Å². The third-order valence-corrected chi connectivity index (χ3v) is 8.04. The summed E-state index contributed by atoms with van der Waals surface area (Å²) in [5, 5.41) is 14.1. The molecule has 190 valence electrons. The minimum Gasteiger partial charge on any atom is -0.310 e. The predicted molar refractivity (Wildman–Crippen MR) is 168 cm³/mol. The van der Waals surface area contributed by atoms with Gasteiger partial charge in [0.2, 0.25) is 0 Å².